The minimum absolute atomic E-state index is 0.00334. The van der Waals surface area contributed by atoms with E-state index in [2.05, 4.69) is 4.98 Å². The summed E-state index contributed by atoms with van der Waals surface area (Å²) in [4.78, 5) is 29.8. The van der Waals surface area contributed by atoms with Crippen LogP contribution in [0.5, 0.6) is 5.75 Å². The van der Waals surface area contributed by atoms with Crippen molar-refractivity contribution >= 4 is 27.5 Å². The number of hydrogen-bond acceptors (Lipinski definition) is 5. The van der Waals surface area contributed by atoms with Crippen molar-refractivity contribution in [1.82, 2.24) is 9.55 Å². The van der Waals surface area contributed by atoms with Gasteiger partial charge in [-0.05, 0) is 18.6 Å². The number of fused-ring (bicyclic) bond motifs is 1. The summed E-state index contributed by atoms with van der Waals surface area (Å²) in [5.41, 5.74) is 0.462. The van der Waals surface area contributed by atoms with Gasteiger partial charge in [-0.2, -0.15) is 0 Å². The largest absolute Gasteiger partial charge is 0.494 e. The Hall–Kier alpha value is -3.45. The fourth-order valence-electron chi connectivity index (χ4n) is 3.13. The second kappa shape index (κ2) is 8.28. The van der Waals surface area contributed by atoms with Crippen LogP contribution in [0.15, 0.2) is 70.8 Å². The van der Waals surface area contributed by atoms with Crippen LogP contribution < -0.4 is 10.3 Å². The van der Waals surface area contributed by atoms with E-state index in [4.69, 9.17) is 4.74 Å². The zero-order valence-corrected chi connectivity index (χ0v) is 16.3. The molecular weight excluding hydrogens is 388 g/mol. The smallest absolute Gasteiger partial charge is 0.337 e. The Morgan fingerprint density at radius 1 is 1.07 bits per heavy atom. The first-order valence-electron chi connectivity index (χ1n) is 9.14. The molecule has 0 aliphatic rings. The van der Waals surface area contributed by atoms with Crippen LogP contribution in [0.25, 0.3) is 21.6 Å². The number of para-hydroxylation sites is 1. The SMILES string of the molecule is O=C(O)c1csc2nc(-c3ccccc3)n(CCCOc3ccccc3)c(=O)c12. The van der Waals surface area contributed by atoms with Crippen molar-refractivity contribution < 1.29 is 14.6 Å². The fourth-order valence-corrected chi connectivity index (χ4v) is 4.03. The third kappa shape index (κ3) is 3.90. The highest BCUT2D eigenvalue weighted by Gasteiger charge is 2.20. The summed E-state index contributed by atoms with van der Waals surface area (Å²) in [6.07, 6.45) is 0.578. The Bertz CT molecular complexity index is 1200. The summed E-state index contributed by atoms with van der Waals surface area (Å²) in [7, 11) is 0. The summed E-state index contributed by atoms with van der Waals surface area (Å²) < 4.78 is 7.27. The first-order chi connectivity index (χ1) is 14.1. The molecule has 4 rings (SSSR count). The van der Waals surface area contributed by atoms with Crippen LogP contribution in [0, 0.1) is 0 Å². The van der Waals surface area contributed by atoms with Gasteiger partial charge in [0.15, 0.2) is 0 Å². The van der Waals surface area contributed by atoms with Gasteiger partial charge in [-0.25, -0.2) is 9.78 Å². The molecule has 0 saturated heterocycles. The molecule has 0 bridgehead atoms. The number of thiophene rings is 1. The normalized spacial score (nSPS) is 10.9. The number of aromatic carboxylic acids is 1. The lowest BCUT2D eigenvalue weighted by Crippen LogP contribution is -2.25. The van der Waals surface area contributed by atoms with Crippen molar-refractivity contribution in [3.63, 3.8) is 0 Å². The van der Waals surface area contributed by atoms with E-state index in [0.717, 1.165) is 11.3 Å². The molecule has 29 heavy (non-hydrogen) atoms. The number of benzene rings is 2. The van der Waals surface area contributed by atoms with Gasteiger partial charge < -0.3 is 9.84 Å². The number of nitrogens with zero attached hydrogens (tertiary/aromatic N) is 2. The van der Waals surface area contributed by atoms with E-state index < -0.39 is 5.97 Å². The molecule has 0 aliphatic carbocycles. The monoisotopic (exact) mass is 406 g/mol. The Morgan fingerprint density at radius 2 is 1.76 bits per heavy atom. The number of carboxylic acid groups (broad SMARTS) is 1. The lowest BCUT2D eigenvalue weighted by Gasteiger charge is -2.13. The molecule has 0 saturated carbocycles. The van der Waals surface area contributed by atoms with Gasteiger partial charge in [-0.1, -0.05) is 48.5 Å². The average Bonchev–Trinajstić information content (AvgIpc) is 3.18. The van der Waals surface area contributed by atoms with Crippen LogP contribution in [-0.2, 0) is 6.54 Å². The summed E-state index contributed by atoms with van der Waals surface area (Å²) >= 11 is 1.17. The maximum Gasteiger partial charge on any atom is 0.337 e. The van der Waals surface area contributed by atoms with Gasteiger partial charge in [-0.15, -0.1) is 11.3 Å². The second-order valence-electron chi connectivity index (χ2n) is 6.41. The van der Waals surface area contributed by atoms with Crippen molar-refractivity contribution in [2.45, 2.75) is 13.0 Å². The number of aromatic nitrogens is 2. The first-order valence-corrected chi connectivity index (χ1v) is 10.0. The van der Waals surface area contributed by atoms with E-state index in [1.807, 2.05) is 60.7 Å². The van der Waals surface area contributed by atoms with E-state index in [1.54, 1.807) is 4.57 Å². The molecule has 7 heteroatoms. The van der Waals surface area contributed by atoms with Crippen LogP contribution in [0.2, 0.25) is 0 Å². The molecular formula is C22H18N2O4S. The Labute approximate surface area is 170 Å². The molecule has 1 N–H and O–H groups in total. The molecule has 2 aromatic carbocycles. The molecule has 6 nitrogen and oxygen atoms in total. The summed E-state index contributed by atoms with van der Waals surface area (Å²) in [6.45, 7) is 0.798. The predicted molar refractivity (Wildman–Crippen MR) is 113 cm³/mol. The molecule has 4 aromatic rings. The predicted octanol–water partition coefficient (Wildman–Crippen LogP) is 4.29. The molecule has 2 heterocycles. The van der Waals surface area contributed by atoms with Crippen molar-refractivity contribution in [3.8, 4) is 17.1 Å². The zero-order chi connectivity index (χ0) is 20.2. The van der Waals surface area contributed by atoms with Gasteiger partial charge in [0.2, 0.25) is 0 Å². The van der Waals surface area contributed by atoms with Gasteiger partial charge in [-0.3, -0.25) is 9.36 Å². The molecule has 0 atom stereocenters. The molecule has 2 aromatic heterocycles. The maximum absolute atomic E-state index is 13.2. The lowest BCUT2D eigenvalue weighted by atomic mass is 10.2. The van der Waals surface area contributed by atoms with Crippen LogP contribution in [-0.4, -0.2) is 27.2 Å². The number of rotatable bonds is 7. The van der Waals surface area contributed by atoms with Crippen LogP contribution in [0.4, 0.5) is 0 Å². The molecule has 0 unspecified atom stereocenters. The van der Waals surface area contributed by atoms with E-state index in [0.29, 0.717) is 30.2 Å². The van der Waals surface area contributed by atoms with Gasteiger partial charge in [0.05, 0.1) is 17.6 Å². The topological polar surface area (TPSA) is 81.4 Å². The fraction of sp³-hybridized carbons (Fsp3) is 0.136. The van der Waals surface area contributed by atoms with Crippen LogP contribution in [0.3, 0.4) is 0 Å². The van der Waals surface area contributed by atoms with Crippen molar-refractivity contribution in [2.24, 2.45) is 0 Å². The highest BCUT2D eigenvalue weighted by Crippen LogP contribution is 2.25. The van der Waals surface area contributed by atoms with E-state index in [1.165, 1.54) is 16.7 Å². The Kier molecular flexibility index (Phi) is 5.39. The van der Waals surface area contributed by atoms with Crippen molar-refractivity contribution in [1.29, 1.82) is 0 Å². The van der Waals surface area contributed by atoms with Gasteiger partial charge in [0.25, 0.3) is 5.56 Å². The first kappa shape index (κ1) is 18.9. The highest BCUT2D eigenvalue weighted by atomic mass is 32.1. The average molecular weight is 406 g/mol. The second-order valence-corrected chi connectivity index (χ2v) is 7.27. The molecule has 0 amide bonds. The number of carbonyl (C=O) groups is 1. The minimum atomic E-state index is -1.12. The minimum Gasteiger partial charge on any atom is -0.494 e. The van der Waals surface area contributed by atoms with Crippen molar-refractivity contribution in [2.75, 3.05) is 6.61 Å². The third-order valence-electron chi connectivity index (χ3n) is 4.49. The van der Waals surface area contributed by atoms with Crippen LogP contribution in [0.1, 0.15) is 16.8 Å². The number of ether oxygens (including phenoxy) is 1. The van der Waals surface area contributed by atoms with Gasteiger partial charge >= 0.3 is 5.97 Å². The summed E-state index contributed by atoms with van der Waals surface area (Å²) in [6, 6.07) is 18.9. The molecule has 0 radical (unpaired) electrons. The van der Waals surface area contributed by atoms with Gasteiger partial charge in [0.1, 0.15) is 16.4 Å². The summed E-state index contributed by atoms with van der Waals surface area (Å²) in [5, 5.41) is 11.1. The lowest BCUT2D eigenvalue weighted by molar-refractivity contribution is 0.0699. The summed E-state index contributed by atoms with van der Waals surface area (Å²) in [5.74, 6) is 0.172. The Morgan fingerprint density at radius 3 is 2.45 bits per heavy atom. The van der Waals surface area contributed by atoms with Gasteiger partial charge in [0, 0.05) is 17.5 Å². The Balaban J connectivity index is 1.69. The quantitative estimate of drug-likeness (QED) is 0.463. The third-order valence-corrected chi connectivity index (χ3v) is 5.37. The van der Waals surface area contributed by atoms with E-state index in [9.17, 15) is 14.7 Å². The van der Waals surface area contributed by atoms with E-state index in [-0.39, 0.29) is 16.5 Å². The zero-order valence-electron chi connectivity index (χ0n) is 15.4. The van der Waals surface area contributed by atoms with Crippen molar-refractivity contribution in [3.05, 3.63) is 82.0 Å². The molecule has 0 fully saturated rings. The standard InChI is InChI=1S/C22H18N2O4S/c25-21-18-17(22(26)27)14-29-20(18)23-19(15-8-3-1-4-9-15)24(21)12-7-13-28-16-10-5-2-6-11-16/h1-6,8-11,14H,7,12-13H2,(H,26,27). The molecule has 0 spiro atoms. The number of carboxylic acids is 1. The number of hydrogen-bond donors (Lipinski definition) is 1. The molecule has 0 aliphatic heterocycles. The highest BCUT2D eigenvalue weighted by molar-refractivity contribution is 7.17. The molecule has 146 valence electrons. The van der Waals surface area contributed by atoms with Crippen LogP contribution >= 0.6 is 11.3 Å². The van der Waals surface area contributed by atoms with E-state index >= 15 is 0 Å². The maximum atomic E-state index is 13.2.